The fourth-order valence-electron chi connectivity index (χ4n) is 2.25. The zero-order valence-electron chi connectivity index (χ0n) is 8.83. The van der Waals surface area contributed by atoms with Gasteiger partial charge in [-0.2, -0.15) is 0 Å². The molecule has 0 spiro atoms. The van der Waals surface area contributed by atoms with Crippen LogP contribution < -0.4 is 0 Å². The molecular weight excluding hydrogens is 214 g/mol. The number of nitrogens with zero attached hydrogens (tertiary/aromatic N) is 1. The highest BCUT2D eigenvalue weighted by Gasteiger charge is 2.41. The molecule has 2 unspecified atom stereocenters. The van der Waals surface area contributed by atoms with E-state index in [9.17, 15) is 14.7 Å². The molecule has 3 atom stereocenters. The van der Waals surface area contributed by atoms with E-state index in [0.717, 1.165) is 6.42 Å². The molecule has 90 valence electrons. The first-order valence-corrected chi connectivity index (χ1v) is 5.42. The van der Waals surface area contributed by atoms with Crippen LogP contribution in [0, 0.1) is 0 Å². The molecule has 2 fully saturated rings. The second kappa shape index (κ2) is 4.39. The van der Waals surface area contributed by atoms with E-state index in [-0.39, 0.29) is 18.9 Å². The Morgan fingerprint density at radius 2 is 2.12 bits per heavy atom. The average molecular weight is 229 g/mol. The third kappa shape index (κ3) is 2.03. The monoisotopic (exact) mass is 229 g/mol. The molecule has 2 heterocycles. The van der Waals surface area contributed by atoms with Crippen molar-refractivity contribution in [3.05, 3.63) is 0 Å². The lowest BCUT2D eigenvalue weighted by atomic mass is 10.2. The third-order valence-corrected chi connectivity index (χ3v) is 3.05. The molecule has 2 rings (SSSR count). The van der Waals surface area contributed by atoms with E-state index in [1.165, 1.54) is 4.90 Å². The van der Waals surface area contributed by atoms with Crippen LogP contribution in [0.15, 0.2) is 0 Å². The van der Waals surface area contributed by atoms with E-state index in [1.807, 2.05) is 0 Å². The van der Waals surface area contributed by atoms with Crippen LogP contribution in [0.1, 0.15) is 19.3 Å². The Morgan fingerprint density at radius 1 is 1.38 bits per heavy atom. The maximum Gasteiger partial charge on any atom is 0.326 e. The normalized spacial score (nSPS) is 34.3. The minimum atomic E-state index is -1.07. The zero-order valence-corrected chi connectivity index (χ0v) is 8.83. The van der Waals surface area contributed by atoms with Gasteiger partial charge < -0.3 is 19.8 Å². The maximum absolute atomic E-state index is 11.9. The smallest absolute Gasteiger partial charge is 0.326 e. The topological polar surface area (TPSA) is 87.1 Å². The molecule has 6 heteroatoms. The number of aliphatic hydroxyl groups is 1. The molecule has 0 aromatic heterocycles. The van der Waals surface area contributed by atoms with Gasteiger partial charge in [0.25, 0.3) is 5.91 Å². The summed E-state index contributed by atoms with van der Waals surface area (Å²) in [5.41, 5.74) is 0. The maximum atomic E-state index is 11.9. The van der Waals surface area contributed by atoms with Crippen LogP contribution in [0.2, 0.25) is 0 Å². The molecule has 0 saturated carbocycles. The number of carbonyl (C=O) groups excluding carboxylic acids is 1. The summed E-state index contributed by atoms with van der Waals surface area (Å²) >= 11 is 0. The van der Waals surface area contributed by atoms with Crippen molar-refractivity contribution in [3.63, 3.8) is 0 Å². The van der Waals surface area contributed by atoms with Crippen molar-refractivity contribution in [2.45, 2.75) is 37.5 Å². The molecule has 2 aliphatic heterocycles. The van der Waals surface area contributed by atoms with Gasteiger partial charge in [-0.25, -0.2) is 4.79 Å². The molecule has 6 nitrogen and oxygen atoms in total. The van der Waals surface area contributed by atoms with Gasteiger partial charge in [-0.05, 0) is 12.8 Å². The van der Waals surface area contributed by atoms with Crippen molar-refractivity contribution in [2.24, 2.45) is 0 Å². The molecule has 0 radical (unpaired) electrons. The number of β-amino-alcohol motifs (C(OH)–C–C–N with tert-alkyl or cyclic N) is 1. The molecule has 1 amide bonds. The van der Waals surface area contributed by atoms with Crippen LogP contribution in [0.3, 0.4) is 0 Å². The number of hydrogen-bond acceptors (Lipinski definition) is 4. The summed E-state index contributed by atoms with van der Waals surface area (Å²) in [6.07, 6.45) is 0.300. The van der Waals surface area contributed by atoms with Gasteiger partial charge in [0.2, 0.25) is 0 Å². The van der Waals surface area contributed by atoms with Crippen molar-refractivity contribution in [1.82, 2.24) is 4.90 Å². The number of carboxylic acids is 1. The Bertz CT molecular complexity index is 300. The van der Waals surface area contributed by atoms with Crippen LogP contribution in [0.5, 0.6) is 0 Å². The van der Waals surface area contributed by atoms with E-state index in [1.54, 1.807) is 0 Å². The number of ether oxygens (including phenoxy) is 1. The molecular formula is C10H15NO5. The molecule has 2 N–H and O–H groups in total. The number of carboxylic acid groups (broad SMARTS) is 1. The van der Waals surface area contributed by atoms with E-state index in [2.05, 4.69) is 0 Å². The van der Waals surface area contributed by atoms with Gasteiger partial charge in [0.15, 0.2) is 0 Å². The number of carbonyl (C=O) groups is 2. The van der Waals surface area contributed by atoms with Gasteiger partial charge in [-0.15, -0.1) is 0 Å². The number of hydrogen-bond donors (Lipinski definition) is 2. The van der Waals surface area contributed by atoms with Gasteiger partial charge in [0, 0.05) is 19.6 Å². The first-order chi connectivity index (χ1) is 7.59. The highest BCUT2D eigenvalue weighted by atomic mass is 16.5. The first-order valence-electron chi connectivity index (χ1n) is 5.42. The molecule has 0 aromatic carbocycles. The minimum absolute atomic E-state index is 0.0929. The van der Waals surface area contributed by atoms with Crippen molar-refractivity contribution in [3.8, 4) is 0 Å². The summed E-state index contributed by atoms with van der Waals surface area (Å²) in [5.74, 6) is -1.37. The van der Waals surface area contributed by atoms with Crippen molar-refractivity contribution < 1.29 is 24.5 Å². The largest absolute Gasteiger partial charge is 0.480 e. The SMILES string of the molecule is O=C(O)C1CC(O)CN1C(=O)[C@H]1CCCO1. The number of rotatable bonds is 2. The van der Waals surface area contributed by atoms with Crippen LogP contribution in [0.25, 0.3) is 0 Å². The van der Waals surface area contributed by atoms with Crippen molar-refractivity contribution in [2.75, 3.05) is 13.2 Å². The van der Waals surface area contributed by atoms with Crippen molar-refractivity contribution in [1.29, 1.82) is 0 Å². The Kier molecular flexibility index (Phi) is 3.11. The minimum Gasteiger partial charge on any atom is -0.480 e. The Balaban J connectivity index is 2.06. The molecule has 0 aromatic rings. The lowest BCUT2D eigenvalue weighted by Gasteiger charge is -2.23. The van der Waals surface area contributed by atoms with Crippen LogP contribution in [-0.4, -0.2) is 58.4 Å². The molecule has 16 heavy (non-hydrogen) atoms. The van der Waals surface area contributed by atoms with E-state index < -0.39 is 24.2 Å². The highest BCUT2D eigenvalue weighted by molar-refractivity contribution is 5.87. The number of aliphatic hydroxyl groups excluding tert-OH is 1. The number of aliphatic carboxylic acids is 1. The fourth-order valence-corrected chi connectivity index (χ4v) is 2.25. The van der Waals surface area contributed by atoms with Crippen molar-refractivity contribution >= 4 is 11.9 Å². The Morgan fingerprint density at radius 3 is 2.69 bits per heavy atom. The standard InChI is InChI=1S/C10H15NO5/c12-6-4-7(10(14)15)11(5-6)9(13)8-2-1-3-16-8/h6-8,12H,1-5H2,(H,14,15)/t6?,7?,8-/m1/s1. The lowest BCUT2D eigenvalue weighted by molar-refractivity contribution is -0.152. The summed E-state index contributed by atoms with van der Waals surface area (Å²) in [4.78, 5) is 24.1. The van der Waals surface area contributed by atoms with E-state index >= 15 is 0 Å². The number of likely N-dealkylation sites (tertiary alicyclic amines) is 1. The van der Waals surface area contributed by atoms with Crippen LogP contribution >= 0.6 is 0 Å². The number of amides is 1. The molecule has 0 bridgehead atoms. The van der Waals surface area contributed by atoms with Gasteiger partial charge in [-0.3, -0.25) is 4.79 Å². The average Bonchev–Trinajstić information content (AvgIpc) is 2.84. The van der Waals surface area contributed by atoms with Crippen LogP contribution in [0.4, 0.5) is 0 Å². The fraction of sp³-hybridized carbons (Fsp3) is 0.800. The summed E-state index contributed by atoms with van der Waals surface area (Å²) in [7, 11) is 0. The van der Waals surface area contributed by atoms with Crippen LogP contribution in [-0.2, 0) is 14.3 Å². The Hall–Kier alpha value is -1.14. The third-order valence-electron chi connectivity index (χ3n) is 3.05. The molecule has 2 saturated heterocycles. The quantitative estimate of drug-likeness (QED) is 0.648. The predicted octanol–water partition coefficient (Wildman–Crippen LogP) is -0.788. The second-order valence-electron chi connectivity index (χ2n) is 4.24. The van der Waals surface area contributed by atoms with Gasteiger partial charge in [0.1, 0.15) is 12.1 Å². The summed E-state index contributed by atoms with van der Waals surface area (Å²) in [5, 5.41) is 18.4. The van der Waals surface area contributed by atoms with Gasteiger partial charge >= 0.3 is 5.97 Å². The van der Waals surface area contributed by atoms with E-state index in [4.69, 9.17) is 9.84 Å². The zero-order chi connectivity index (χ0) is 11.7. The van der Waals surface area contributed by atoms with E-state index in [0.29, 0.717) is 13.0 Å². The summed E-state index contributed by atoms with van der Waals surface area (Å²) in [6.45, 7) is 0.639. The first kappa shape index (κ1) is 11.3. The van der Waals surface area contributed by atoms with Gasteiger partial charge in [-0.1, -0.05) is 0 Å². The highest BCUT2D eigenvalue weighted by Crippen LogP contribution is 2.23. The predicted molar refractivity (Wildman–Crippen MR) is 52.7 cm³/mol. The van der Waals surface area contributed by atoms with Gasteiger partial charge in [0.05, 0.1) is 6.10 Å². The summed E-state index contributed by atoms with van der Waals surface area (Å²) < 4.78 is 5.22. The lowest BCUT2D eigenvalue weighted by Crippen LogP contribution is -2.45. The molecule has 0 aliphatic carbocycles. The molecule has 2 aliphatic rings. The summed E-state index contributed by atoms with van der Waals surface area (Å²) in [6, 6.07) is -0.910. The second-order valence-corrected chi connectivity index (χ2v) is 4.24. The Labute approximate surface area is 92.8 Å².